The fourth-order valence-corrected chi connectivity index (χ4v) is 3.26. The zero-order valence-corrected chi connectivity index (χ0v) is 13.6. The molecule has 0 saturated heterocycles. The van der Waals surface area contributed by atoms with Crippen LogP contribution in [-0.4, -0.2) is 20.4 Å². The van der Waals surface area contributed by atoms with Crippen LogP contribution in [0.3, 0.4) is 0 Å². The first-order valence-corrected chi connectivity index (χ1v) is 8.19. The largest absolute Gasteiger partial charge is 0.372 e. The first-order chi connectivity index (χ1) is 9.42. The van der Waals surface area contributed by atoms with Gasteiger partial charge in [0.1, 0.15) is 10.7 Å². The second kappa shape index (κ2) is 5.99. The average Bonchev–Trinajstić information content (AvgIpc) is 2.38. The van der Waals surface area contributed by atoms with E-state index in [1.165, 1.54) is 12.3 Å². The molecule has 0 unspecified atom stereocenters. The fraction of sp³-hybridized carbons (Fsp3) is 0.0833. The molecule has 1 heterocycles. The lowest BCUT2D eigenvalue weighted by molar-refractivity contribution is 0.601. The Bertz CT molecular complexity index is 737. The molecular formula is C12H11BrClN3O2S. The molecule has 8 heteroatoms. The van der Waals surface area contributed by atoms with Crippen molar-refractivity contribution in [3.05, 3.63) is 46.0 Å². The van der Waals surface area contributed by atoms with Gasteiger partial charge in [-0.3, -0.25) is 4.72 Å². The monoisotopic (exact) mass is 375 g/mol. The molecule has 1 aromatic heterocycles. The van der Waals surface area contributed by atoms with Crippen molar-refractivity contribution in [1.82, 2.24) is 4.98 Å². The number of benzene rings is 1. The predicted molar refractivity (Wildman–Crippen MR) is 83.7 cm³/mol. The summed E-state index contributed by atoms with van der Waals surface area (Å²) >= 11 is 9.22. The number of hydrogen-bond donors (Lipinski definition) is 2. The van der Waals surface area contributed by atoms with Crippen molar-refractivity contribution >= 4 is 49.1 Å². The van der Waals surface area contributed by atoms with Gasteiger partial charge in [0.15, 0.2) is 0 Å². The van der Waals surface area contributed by atoms with E-state index >= 15 is 0 Å². The Balaban J connectivity index is 2.33. The number of pyridine rings is 1. The van der Waals surface area contributed by atoms with Gasteiger partial charge in [0.25, 0.3) is 10.0 Å². The molecule has 0 atom stereocenters. The SMILES string of the molecule is CNc1ncc(S(=O)(=O)Nc2cccc(Br)c2)cc1Cl. The number of anilines is 2. The van der Waals surface area contributed by atoms with Gasteiger partial charge in [0.05, 0.1) is 5.02 Å². The number of nitrogens with one attached hydrogen (secondary N) is 2. The van der Waals surface area contributed by atoms with Crippen molar-refractivity contribution < 1.29 is 8.42 Å². The second-order valence-corrected chi connectivity index (χ2v) is 6.87. The molecule has 2 aromatic rings. The van der Waals surface area contributed by atoms with Crippen molar-refractivity contribution in [3.63, 3.8) is 0 Å². The van der Waals surface area contributed by atoms with Crippen LogP contribution in [-0.2, 0) is 10.0 Å². The molecule has 5 nitrogen and oxygen atoms in total. The Hall–Kier alpha value is -1.31. The molecular weight excluding hydrogens is 366 g/mol. The maximum atomic E-state index is 12.2. The first-order valence-electron chi connectivity index (χ1n) is 5.54. The average molecular weight is 377 g/mol. The van der Waals surface area contributed by atoms with Gasteiger partial charge in [-0.15, -0.1) is 0 Å². The minimum absolute atomic E-state index is 0.00137. The van der Waals surface area contributed by atoms with Crippen LogP contribution in [0, 0.1) is 0 Å². The molecule has 2 N–H and O–H groups in total. The fourth-order valence-electron chi connectivity index (χ4n) is 1.52. The minimum Gasteiger partial charge on any atom is -0.372 e. The number of aromatic nitrogens is 1. The van der Waals surface area contributed by atoms with Crippen LogP contribution >= 0.6 is 27.5 Å². The number of halogens is 2. The van der Waals surface area contributed by atoms with Crippen LogP contribution < -0.4 is 10.0 Å². The van der Waals surface area contributed by atoms with Crippen LogP contribution in [0.2, 0.25) is 5.02 Å². The summed E-state index contributed by atoms with van der Waals surface area (Å²) < 4.78 is 27.7. The highest BCUT2D eigenvalue weighted by atomic mass is 79.9. The van der Waals surface area contributed by atoms with E-state index in [1.54, 1.807) is 31.3 Å². The number of rotatable bonds is 4. The van der Waals surface area contributed by atoms with Gasteiger partial charge in [0, 0.05) is 23.4 Å². The van der Waals surface area contributed by atoms with Gasteiger partial charge in [-0.05, 0) is 24.3 Å². The van der Waals surface area contributed by atoms with Gasteiger partial charge in [-0.25, -0.2) is 13.4 Å². The van der Waals surface area contributed by atoms with Crippen LogP contribution in [0.1, 0.15) is 0 Å². The van der Waals surface area contributed by atoms with Crippen molar-refractivity contribution in [2.75, 3.05) is 17.1 Å². The number of nitrogens with zero attached hydrogens (tertiary/aromatic N) is 1. The van der Waals surface area contributed by atoms with Crippen LogP contribution in [0.15, 0.2) is 45.9 Å². The lowest BCUT2D eigenvalue weighted by Crippen LogP contribution is -2.13. The van der Waals surface area contributed by atoms with Gasteiger partial charge < -0.3 is 5.32 Å². The van der Waals surface area contributed by atoms with E-state index in [4.69, 9.17) is 11.6 Å². The highest BCUT2D eigenvalue weighted by molar-refractivity contribution is 9.10. The summed E-state index contributed by atoms with van der Waals surface area (Å²) in [6, 6.07) is 8.20. The zero-order valence-electron chi connectivity index (χ0n) is 10.4. The third-order valence-electron chi connectivity index (χ3n) is 2.44. The molecule has 0 amide bonds. The summed E-state index contributed by atoms with van der Waals surface area (Å²) in [6.45, 7) is 0. The standard InChI is InChI=1S/C12H11BrClN3O2S/c1-15-12-11(14)6-10(7-16-12)20(18,19)17-9-4-2-3-8(13)5-9/h2-7,17H,1H3,(H,15,16). The predicted octanol–water partition coefficient (Wildman–Crippen LogP) is 3.34. The lowest BCUT2D eigenvalue weighted by Gasteiger charge is -2.09. The summed E-state index contributed by atoms with van der Waals surface area (Å²) in [6.07, 6.45) is 1.25. The van der Waals surface area contributed by atoms with E-state index < -0.39 is 10.0 Å². The smallest absolute Gasteiger partial charge is 0.263 e. The van der Waals surface area contributed by atoms with Gasteiger partial charge in [-0.2, -0.15) is 0 Å². The molecule has 0 bridgehead atoms. The molecule has 0 aliphatic carbocycles. The number of hydrogen-bond acceptors (Lipinski definition) is 4. The van der Waals surface area contributed by atoms with Gasteiger partial charge in [0.2, 0.25) is 0 Å². The Morgan fingerprint density at radius 1 is 1.30 bits per heavy atom. The van der Waals surface area contributed by atoms with Crippen LogP contribution in [0.5, 0.6) is 0 Å². The second-order valence-electron chi connectivity index (χ2n) is 3.87. The van der Waals surface area contributed by atoms with E-state index in [1.807, 2.05) is 0 Å². The van der Waals surface area contributed by atoms with Crippen molar-refractivity contribution in [2.24, 2.45) is 0 Å². The van der Waals surface area contributed by atoms with Gasteiger partial charge in [-0.1, -0.05) is 33.6 Å². The molecule has 1 aromatic carbocycles. The highest BCUT2D eigenvalue weighted by Gasteiger charge is 2.16. The molecule has 0 radical (unpaired) electrons. The first kappa shape index (κ1) is 15.1. The van der Waals surface area contributed by atoms with Crippen molar-refractivity contribution in [2.45, 2.75) is 4.90 Å². The molecule has 2 rings (SSSR count). The molecule has 0 spiro atoms. The molecule has 106 valence electrons. The van der Waals surface area contributed by atoms with E-state index in [2.05, 4.69) is 31.0 Å². The summed E-state index contributed by atoms with van der Waals surface area (Å²) in [4.78, 5) is 3.95. The maximum absolute atomic E-state index is 12.2. The molecule has 0 aliphatic rings. The van der Waals surface area contributed by atoms with Crippen molar-refractivity contribution in [1.29, 1.82) is 0 Å². The maximum Gasteiger partial charge on any atom is 0.263 e. The van der Waals surface area contributed by atoms with E-state index in [0.717, 1.165) is 4.47 Å². The third-order valence-corrected chi connectivity index (χ3v) is 4.57. The van der Waals surface area contributed by atoms with Gasteiger partial charge >= 0.3 is 0 Å². The minimum atomic E-state index is -3.72. The van der Waals surface area contributed by atoms with Crippen molar-refractivity contribution in [3.8, 4) is 0 Å². The summed E-state index contributed by atoms with van der Waals surface area (Å²) in [5, 5.41) is 3.01. The van der Waals surface area contributed by atoms with E-state index in [0.29, 0.717) is 11.5 Å². The van der Waals surface area contributed by atoms with E-state index in [9.17, 15) is 8.42 Å². The Kier molecular flexibility index (Phi) is 4.52. The summed E-state index contributed by atoms with van der Waals surface area (Å²) in [5.74, 6) is 0.424. The molecule has 0 aliphatic heterocycles. The molecule has 0 fully saturated rings. The lowest BCUT2D eigenvalue weighted by atomic mass is 10.3. The Morgan fingerprint density at radius 2 is 2.05 bits per heavy atom. The van der Waals surface area contributed by atoms with E-state index in [-0.39, 0.29) is 9.92 Å². The Morgan fingerprint density at radius 3 is 2.65 bits per heavy atom. The van der Waals surface area contributed by atoms with Crippen LogP contribution in [0.4, 0.5) is 11.5 Å². The highest BCUT2D eigenvalue weighted by Crippen LogP contribution is 2.24. The Labute approximate surface area is 130 Å². The topological polar surface area (TPSA) is 71.1 Å². The van der Waals surface area contributed by atoms with Crippen LogP contribution in [0.25, 0.3) is 0 Å². The zero-order chi connectivity index (χ0) is 14.8. The number of sulfonamides is 1. The quantitative estimate of drug-likeness (QED) is 0.858. The third kappa shape index (κ3) is 3.41. The molecule has 20 heavy (non-hydrogen) atoms. The summed E-state index contributed by atoms with van der Waals surface area (Å²) in [7, 11) is -2.07. The summed E-state index contributed by atoms with van der Waals surface area (Å²) in [5.41, 5.74) is 0.452. The molecule has 0 saturated carbocycles. The normalized spacial score (nSPS) is 11.2.